The van der Waals surface area contributed by atoms with Gasteiger partial charge in [-0.15, -0.1) is 0 Å². The molecule has 28 heavy (non-hydrogen) atoms. The van der Waals surface area contributed by atoms with Crippen LogP contribution in [-0.2, 0) is 11.4 Å². The molecule has 0 N–H and O–H groups in total. The molecule has 1 aliphatic heterocycles. The molecule has 1 heterocycles. The maximum absolute atomic E-state index is 12.2. The van der Waals surface area contributed by atoms with Crippen LogP contribution in [-0.4, -0.2) is 29.7 Å². The van der Waals surface area contributed by atoms with Gasteiger partial charge in [0, 0.05) is 12.1 Å². The molecule has 0 bridgehead atoms. The van der Waals surface area contributed by atoms with E-state index in [0.717, 1.165) is 22.9 Å². The molecule has 1 saturated heterocycles. The van der Waals surface area contributed by atoms with Gasteiger partial charge < -0.3 is 9.47 Å². The molecule has 1 fully saturated rings. The van der Waals surface area contributed by atoms with Gasteiger partial charge in [-0.3, -0.25) is 14.5 Å². The number of benzene rings is 2. The maximum atomic E-state index is 12.2. The van der Waals surface area contributed by atoms with E-state index in [9.17, 15) is 14.9 Å². The molecule has 0 saturated carbocycles. The Hall–Kier alpha value is -3.24. The van der Waals surface area contributed by atoms with E-state index in [1.807, 2.05) is 12.1 Å². The zero-order valence-corrected chi connectivity index (χ0v) is 16.3. The van der Waals surface area contributed by atoms with E-state index in [2.05, 4.69) is 6.07 Å². The summed E-state index contributed by atoms with van der Waals surface area (Å²) in [5, 5.41) is 8.91. The summed E-state index contributed by atoms with van der Waals surface area (Å²) in [5.74, 6) is 0.733. The summed E-state index contributed by atoms with van der Waals surface area (Å²) in [5.41, 5.74) is 2.07. The minimum atomic E-state index is -0.287. The van der Waals surface area contributed by atoms with Crippen molar-refractivity contribution < 1.29 is 19.1 Å². The van der Waals surface area contributed by atoms with Gasteiger partial charge in [-0.1, -0.05) is 24.3 Å². The summed E-state index contributed by atoms with van der Waals surface area (Å²) in [6.07, 6.45) is 1.66. The van der Waals surface area contributed by atoms with Gasteiger partial charge in [0.2, 0.25) is 0 Å². The highest BCUT2D eigenvalue weighted by atomic mass is 32.2. The van der Waals surface area contributed by atoms with Gasteiger partial charge in [0.1, 0.15) is 6.61 Å². The highest BCUT2D eigenvalue weighted by molar-refractivity contribution is 8.18. The summed E-state index contributed by atoms with van der Waals surface area (Å²) in [6, 6.07) is 14.6. The number of amides is 2. The summed E-state index contributed by atoms with van der Waals surface area (Å²) in [7, 11) is 1.53. The van der Waals surface area contributed by atoms with Gasteiger partial charge in [-0.2, -0.15) is 5.26 Å². The maximum Gasteiger partial charge on any atom is 0.293 e. The number of thioether (sulfide) groups is 1. The number of nitriles is 1. The Kier molecular flexibility index (Phi) is 6.02. The fourth-order valence-corrected chi connectivity index (χ4v) is 3.63. The summed E-state index contributed by atoms with van der Waals surface area (Å²) in [6.45, 7) is 2.34. The zero-order chi connectivity index (χ0) is 20.1. The topological polar surface area (TPSA) is 79.6 Å². The molecule has 7 heteroatoms. The molecule has 3 rings (SSSR count). The van der Waals surface area contributed by atoms with Crippen LogP contribution in [0.4, 0.5) is 4.79 Å². The van der Waals surface area contributed by atoms with Gasteiger partial charge in [-0.05, 0) is 48.5 Å². The number of hydrogen-bond donors (Lipinski definition) is 0. The van der Waals surface area contributed by atoms with Gasteiger partial charge in [-0.25, -0.2) is 0 Å². The third-order valence-corrected chi connectivity index (χ3v) is 5.10. The third-order valence-electron chi connectivity index (χ3n) is 4.20. The van der Waals surface area contributed by atoms with Crippen molar-refractivity contribution in [2.75, 3.05) is 13.7 Å². The second-order valence-corrected chi connectivity index (χ2v) is 6.89. The predicted molar refractivity (Wildman–Crippen MR) is 107 cm³/mol. The molecule has 0 aromatic heterocycles. The first-order valence-corrected chi connectivity index (χ1v) is 9.43. The lowest BCUT2D eigenvalue weighted by molar-refractivity contribution is -0.122. The Balaban J connectivity index is 1.79. The second kappa shape index (κ2) is 8.63. The first-order chi connectivity index (χ1) is 13.6. The number of ether oxygens (including phenoxy) is 2. The minimum Gasteiger partial charge on any atom is -0.493 e. The molecule has 0 unspecified atom stereocenters. The van der Waals surface area contributed by atoms with Crippen LogP contribution in [0.2, 0.25) is 0 Å². The van der Waals surface area contributed by atoms with Crippen molar-refractivity contribution in [2.45, 2.75) is 13.5 Å². The number of methoxy groups -OCH3 is 1. The number of carbonyl (C=O) groups excluding carboxylic acids is 2. The summed E-state index contributed by atoms with van der Waals surface area (Å²) >= 11 is 0.926. The van der Waals surface area contributed by atoms with E-state index in [1.54, 1.807) is 43.3 Å². The van der Waals surface area contributed by atoms with E-state index in [1.165, 1.54) is 12.0 Å². The summed E-state index contributed by atoms with van der Waals surface area (Å²) in [4.78, 5) is 25.6. The molecule has 0 aliphatic carbocycles. The van der Waals surface area contributed by atoms with Gasteiger partial charge in [0.05, 0.1) is 23.6 Å². The van der Waals surface area contributed by atoms with Crippen molar-refractivity contribution in [3.8, 4) is 17.6 Å². The predicted octanol–water partition coefficient (Wildman–Crippen LogP) is 4.20. The van der Waals surface area contributed by atoms with Crippen LogP contribution in [0.3, 0.4) is 0 Å². The molecule has 0 atom stereocenters. The number of likely N-dealkylation sites (N-methyl/N-ethyl adjacent to an activating group) is 1. The first-order valence-electron chi connectivity index (χ1n) is 8.61. The lowest BCUT2D eigenvalue weighted by Gasteiger charge is -2.12. The molecular formula is C21H18N2O4S. The van der Waals surface area contributed by atoms with Crippen molar-refractivity contribution in [1.29, 1.82) is 5.26 Å². The van der Waals surface area contributed by atoms with Crippen LogP contribution in [0.25, 0.3) is 6.08 Å². The van der Waals surface area contributed by atoms with Gasteiger partial charge in [0.15, 0.2) is 11.5 Å². The largest absolute Gasteiger partial charge is 0.493 e. The van der Waals surface area contributed by atoms with Gasteiger partial charge in [0.25, 0.3) is 11.1 Å². The molecule has 2 aromatic carbocycles. The molecule has 2 aromatic rings. The first kappa shape index (κ1) is 19.5. The highest BCUT2D eigenvalue weighted by Crippen LogP contribution is 2.34. The normalized spacial score (nSPS) is 15.0. The Labute approximate surface area is 167 Å². The Morgan fingerprint density at radius 1 is 1.18 bits per heavy atom. The fourth-order valence-electron chi connectivity index (χ4n) is 2.73. The van der Waals surface area contributed by atoms with Crippen molar-refractivity contribution in [1.82, 2.24) is 4.90 Å². The molecular weight excluding hydrogens is 376 g/mol. The van der Waals surface area contributed by atoms with Crippen molar-refractivity contribution in [3.05, 3.63) is 64.1 Å². The van der Waals surface area contributed by atoms with E-state index in [0.29, 0.717) is 28.5 Å². The number of hydrogen-bond acceptors (Lipinski definition) is 6. The fraction of sp³-hybridized carbons (Fsp3) is 0.190. The molecule has 0 radical (unpaired) electrons. The van der Waals surface area contributed by atoms with Crippen LogP contribution in [0.15, 0.2) is 47.4 Å². The Bertz CT molecular complexity index is 994. The van der Waals surface area contributed by atoms with Crippen LogP contribution in [0.5, 0.6) is 11.5 Å². The molecule has 142 valence electrons. The van der Waals surface area contributed by atoms with Crippen molar-refractivity contribution in [2.24, 2.45) is 0 Å². The van der Waals surface area contributed by atoms with Crippen LogP contribution in [0.1, 0.15) is 23.6 Å². The molecule has 6 nitrogen and oxygen atoms in total. The molecule has 1 aliphatic rings. The average Bonchev–Trinajstić information content (AvgIpc) is 2.99. The van der Waals surface area contributed by atoms with Gasteiger partial charge >= 0.3 is 0 Å². The van der Waals surface area contributed by atoms with E-state index in [-0.39, 0.29) is 17.8 Å². The number of nitrogens with zero attached hydrogens (tertiary/aromatic N) is 2. The van der Waals surface area contributed by atoms with E-state index < -0.39 is 0 Å². The van der Waals surface area contributed by atoms with E-state index in [4.69, 9.17) is 9.47 Å². The average molecular weight is 394 g/mol. The second-order valence-electron chi connectivity index (χ2n) is 5.89. The smallest absolute Gasteiger partial charge is 0.293 e. The van der Waals surface area contributed by atoms with Crippen molar-refractivity contribution in [3.63, 3.8) is 0 Å². The van der Waals surface area contributed by atoms with Crippen LogP contribution in [0, 0.1) is 11.3 Å². The Morgan fingerprint density at radius 3 is 2.64 bits per heavy atom. The monoisotopic (exact) mass is 394 g/mol. The number of imide groups is 1. The minimum absolute atomic E-state index is 0.231. The molecule has 2 amide bonds. The quantitative estimate of drug-likeness (QED) is 0.683. The molecule has 0 spiro atoms. The van der Waals surface area contributed by atoms with Crippen molar-refractivity contribution >= 4 is 29.0 Å². The van der Waals surface area contributed by atoms with E-state index >= 15 is 0 Å². The summed E-state index contributed by atoms with van der Waals surface area (Å²) < 4.78 is 11.2. The standard InChI is InChI=1S/C21H18N2O4S/c1-3-23-20(24)19(28-21(23)25)11-14-8-9-17(18(10-14)26-2)27-13-16-7-5-4-6-15(16)12-22/h4-11H,3,13H2,1-2H3/b19-11+. The lowest BCUT2D eigenvalue weighted by atomic mass is 10.1. The number of carbonyl (C=O) groups is 2. The zero-order valence-electron chi connectivity index (χ0n) is 15.5. The number of rotatable bonds is 6. The van der Waals surface area contributed by atoms with Crippen LogP contribution >= 0.6 is 11.8 Å². The van der Waals surface area contributed by atoms with Crippen LogP contribution < -0.4 is 9.47 Å². The highest BCUT2D eigenvalue weighted by Gasteiger charge is 2.33. The lowest BCUT2D eigenvalue weighted by Crippen LogP contribution is -2.27. The third kappa shape index (κ3) is 4.02. The SMILES string of the molecule is CCN1C(=O)S/C(=C/c2ccc(OCc3ccccc3C#N)c(OC)c2)C1=O. The Morgan fingerprint density at radius 2 is 1.96 bits per heavy atom.